The van der Waals surface area contributed by atoms with E-state index in [2.05, 4.69) is 53.6 Å². The summed E-state index contributed by atoms with van der Waals surface area (Å²) in [5, 5.41) is 5.63. The Kier molecular flexibility index (Phi) is 8.21. The van der Waals surface area contributed by atoms with Crippen LogP contribution in [0.4, 0.5) is 5.69 Å². The number of ether oxygens (including phenoxy) is 1. The van der Waals surface area contributed by atoms with Gasteiger partial charge in [0.15, 0.2) is 12.4 Å². The minimum atomic E-state index is -0.351. The SMILES string of the molecule is CC1CC(C)CN(Cc2ccc(CNC(=O)COc3cccc(NC(=O)c4ccco4)c3)cc2)C1. The quantitative estimate of drug-likeness (QED) is 0.469. The van der Waals surface area contributed by atoms with E-state index in [-0.39, 0.29) is 24.2 Å². The van der Waals surface area contributed by atoms with Crippen molar-refractivity contribution in [2.45, 2.75) is 33.4 Å². The predicted octanol–water partition coefficient (Wildman–Crippen LogP) is 4.71. The Hall–Kier alpha value is -3.58. The lowest BCUT2D eigenvalue weighted by Gasteiger charge is -2.35. The molecule has 35 heavy (non-hydrogen) atoms. The molecular weight excluding hydrogens is 442 g/mol. The lowest BCUT2D eigenvalue weighted by Crippen LogP contribution is -2.38. The number of nitrogens with one attached hydrogen (secondary N) is 2. The Morgan fingerprint density at radius 3 is 2.46 bits per heavy atom. The van der Waals surface area contributed by atoms with E-state index in [0.29, 0.717) is 18.0 Å². The minimum Gasteiger partial charge on any atom is -0.484 e. The van der Waals surface area contributed by atoms with Crippen LogP contribution >= 0.6 is 0 Å². The monoisotopic (exact) mass is 475 g/mol. The smallest absolute Gasteiger partial charge is 0.291 e. The van der Waals surface area contributed by atoms with Crippen molar-refractivity contribution in [2.75, 3.05) is 25.0 Å². The highest BCUT2D eigenvalue weighted by atomic mass is 16.5. The van der Waals surface area contributed by atoms with E-state index >= 15 is 0 Å². The fraction of sp³-hybridized carbons (Fsp3) is 0.357. The molecule has 7 nitrogen and oxygen atoms in total. The largest absolute Gasteiger partial charge is 0.484 e. The van der Waals surface area contributed by atoms with E-state index < -0.39 is 0 Å². The average molecular weight is 476 g/mol. The molecule has 2 amide bonds. The zero-order valence-corrected chi connectivity index (χ0v) is 20.3. The molecule has 2 atom stereocenters. The van der Waals surface area contributed by atoms with Crippen LogP contribution < -0.4 is 15.4 Å². The molecular formula is C28H33N3O4. The van der Waals surface area contributed by atoms with Crippen LogP contribution in [0.1, 0.15) is 41.9 Å². The van der Waals surface area contributed by atoms with Crippen molar-refractivity contribution < 1.29 is 18.7 Å². The molecule has 0 bridgehead atoms. The molecule has 1 aromatic heterocycles. The first-order chi connectivity index (χ1) is 16.9. The van der Waals surface area contributed by atoms with Gasteiger partial charge < -0.3 is 19.8 Å². The zero-order valence-electron chi connectivity index (χ0n) is 20.3. The van der Waals surface area contributed by atoms with Crippen LogP contribution in [-0.2, 0) is 17.9 Å². The van der Waals surface area contributed by atoms with Gasteiger partial charge in [0, 0.05) is 37.9 Å². The van der Waals surface area contributed by atoms with E-state index in [4.69, 9.17) is 9.15 Å². The summed E-state index contributed by atoms with van der Waals surface area (Å²) in [6.07, 6.45) is 2.75. The molecule has 2 unspecified atom stereocenters. The normalized spacial score (nSPS) is 18.1. The van der Waals surface area contributed by atoms with E-state index in [1.807, 2.05) is 0 Å². The molecule has 1 aliphatic heterocycles. The van der Waals surface area contributed by atoms with Gasteiger partial charge in [-0.05, 0) is 53.6 Å². The highest BCUT2D eigenvalue weighted by Gasteiger charge is 2.21. The van der Waals surface area contributed by atoms with Crippen molar-refractivity contribution in [3.63, 3.8) is 0 Å². The van der Waals surface area contributed by atoms with Crippen molar-refractivity contribution in [3.05, 3.63) is 83.8 Å². The number of likely N-dealkylation sites (tertiary alicyclic amines) is 1. The third kappa shape index (κ3) is 7.45. The maximum Gasteiger partial charge on any atom is 0.291 e. The zero-order chi connectivity index (χ0) is 24.6. The minimum absolute atomic E-state index is 0.112. The molecule has 1 fully saturated rings. The molecule has 0 spiro atoms. The fourth-order valence-corrected chi connectivity index (χ4v) is 4.61. The van der Waals surface area contributed by atoms with Crippen LogP contribution in [0.25, 0.3) is 0 Å². The molecule has 184 valence electrons. The lowest BCUT2D eigenvalue weighted by molar-refractivity contribution is -0.123. The molecule has 2 N–H and O–H groups in total. The Bertz CT molecular complexity index is 1100. The molecule has 3 aromatic rings. The van der Waals surface area contributed by atoms with E-state index in [9.17, 15) is 9.59 Å². The maximum absolute atomic E-state index is 12.3. The average Bonchev–Trinajstić information content (AvgIpc) is 3.37. The molecule has 2 heterocycles. The first-order valence-corrected chi connectivity index (χ1v) is 12.1. The fourth-order valence-electron chi connectivity index (χ4n) is 4.61. The van der Waals surface area contributed by atoms with Gasteiger partial charge >= 0.3 is 0 Å². The van der Waals surface area contributed by atoms with Gasteiger partial charge in [-0.1, -0.05) is 44.2 Å². The van der Waals surface area contributed by atoms with Crippen molar-refractivity contribution >= 4 is 17.5 Å². The lowest BCUT2D eigenvalue weighted by atomic mass is 9.91. The van der Waals surface area contributed by atoms with Crippen LogP contribution in [0.15, 0.2) is 71.3 Å². The summed E-state index contributed by atoms with van der Waals surface area (Å²) < 4.78 is 10.7. The van der Waals surface area contributed by atoms with Gasteiger partial charge in [0.25, 0.3) is 11.8 Å². The summed E-state index contributed by atoms with van der Waals surface area (Å²) in [4.78, 5) is 26.9. The maximum atomic E-state index is 12.3. The Labute approximate surface area is 206 Å². The summed E-state index contributed by atoms with van der Waals surface area (Å²) in [5.41, 5.74) is 2.90. The molecule has 4 rings (SSSR count). The summed E-state index contributed by atoms with van der Waals surface area (Å²) in [6.45, 7) is 8.27. The first kappa shape index (κ1) is 24.5. The Morgan fingerprint density at radius 2 is 1.74 bits per heavy atom. The van der Waals surface area contributed by atoms with Crippen molar-refractivity contribution in [3.8, 4) is 5.75 Å². The summed E-state index contributed by atoms with van der Waals surface area (Å²) >= 11 is 0. The molecule has 7 heteroatoms. The van der Waals surface area contributed by atoms with Crippen molar-refractivity contribution in [1.29, 1.82) is 0 Å². The summed E-state index contributed by atoms with van der Waals surface area (Å²) in [6, 6.07) is 18.5. The second-order valence-corrected chi connectivity index (χ2v) is 9.48. The standard InChI is InChI=1S/C28H33N3O4/c1-20-13-21(2)17-31(16-20)18-23-10-8-22(9-11-23)15-29-27(32)19-35-25-6-3-5-24(14-25)30-28(33)26-7-4-12-34-26/h3-12,14,20-21H,13,15-19H2,1-2H3,(H,29,32)(H,30,33). The van der Waals surface area contributed by atoms with Gasteiger partial charge in [-0.3, -0.25) is 14.5 Å². The van der Waals surface area contributed by atoms with Crippen LogP contribution in [0.3, 0.4) is 0 Å². The number of hydrogen-bond donors (Lipinski definition) is 2. The number of anilines is 1. The Morgan fingerprint density at radius 1 is 1.00 bits per heavy atom. The van der Waals surface area contributed by atoms with E-state index in [0.717, 1.165) is 37.0 Å². The summed E-state index contributed by atoms with van der Waals surface area (Å²) in [7, 11) is 0. The van der Waals surface area contributed by atoms with E-state index in [1.165, 1.54) is 18.2 Å². The van der Waals surface area contributed by atoms with Gasteiger partial charge in [-0.25, -0.2) is 0 Å². The number of rotatable bonds is 9. The second kappa shape index (κ2) is 11.7. The third-order valence-electron chi connectivity index (χ3n) is 6.07. The highest BCUT2D eigenvalue weighted by Crippen LogP contribution is 2.22. The molecule has 1 saturated heterocycles. The second-order valence-electron chi connectivity index (χ2n) is 9.48. The number of piperidine rings is 1. The number of carbonyl (C=O) groups excluding carboxylic acids is 2. The van der Waals surface area contributed by atoms with E-state index in [1.54, 1.807) is 36.4 Å². The number of nitrogens with zero attached hydrogens (tertiary/aromatic N) is 1. The van der Waals surface area contributed by atoms with Gasteiger partial charge in [-0.15, -0.1) is 0 Å². The van der Waals surface area contributed by atoms with Gasteiger partial charge in [0.1, 0.15) is 5.75 Å². The van der Waals surface area contributed by atoms with Crippen LogP contribution in [0.2, 0.25) is 0 Å². The topological polar surface area (TPSA) is 83.8 Å². The van der Waals surface area contributed by atoms with Gasteiger partial charge in [0.2, 0.25) is 0 Å². The molecule has 0 radical (unpaired) electrons. The molecule has 0 aliphatic carbocycles. The molecule has 0 saturated carbocycles. The molecule has 2 aromatic carbocycles. The number of hydrogen-bond acceptors (Lipinski definition) is 5. The number of amides is 2. The van der Waals surface area contributed by atoms with Crippen molar-refractivity contribution in [1.82, 2.24) is 10.2 Å². The van der Waals surface area contributed by atoms with Gasteiger partial charge in [0.05, 0.1) is 6.26 Å². The number of furan rings is 1. The van der Waals surface area contributed by atoms with Crippen LogP contribution in [0, 0.1) is 11.8 Å². The predicted molar refractivity (Wildman–Crippen MR) is 135 cm³/mol. The van der Waals surface area contributed by atoms with Crippen LogP contribution in [0.5, 0.6) is 5.75 Å². The number of carbonyl (C=O) groups is 2. The highest BCUT2D eigenvalue weighted by molar-refractivity contribution is 6.02. The van der Waals surface area contributed by atoms with Crippen LogP contribution in [-0.4, -0.2) is 36.4 Å². The first-order valence-electron chi connectivity index (χ1n) is 12.1. The molecule has 1 aliphatic rings. The Balaban J connectivity index is 1.20. The summed E-state index contributed by atoms with van der Waals surface area (Å²) in [5.74, 6) is 1.64. The van der Waals surface area contributed by atoms with Crippen molar-refractivity contribution in [2.24, 2.45) is 11.8 Å². The number of benzene rings is 2. The van der Waals surface area contributed by atoms with Gasteiger partial charge in [-0.2, -0.15) is 0 Å². The third-order valence-corrected chi connectivity index (χ3v) is 6.07.